The van der Waals surface area contributed by atoms with Crippen LogP contribution in [-0.4, -0.2) is 0 Å². The van der Waals surface area contributed by atoms with E-state index in [-0.39, 0.29) is 0 Å². The molecule has 5 heteroatoms. The molecule has 0 atom stereocenters. The second-order valence-corrected chi connectivity index (χ2v) is 6.59. The highest BCUT2D eigenvalue weighted by atomic mass is 35.5. The van der Waals surface area contributed by atoms with Crippen molar-refractivity contribution in [3.63, 3.8) is 0 Å². The molecule has 0 fully saturated rings. The Balaban J connectivity index is 1.97. The fourth-order valence-corrected chi connectivity index (χ4v) is 3.36. The number of aryl methyl sites for hydroxylation is 1. The first kappa shape index (κ1) is 15.1. The van der Waals surface area contributed by atoms with Crippen molar-refractivity contribution in [1.82, 2.24) is 5.32 Å². The summed E-state index contributed by atoms with van der Waals surface area (Å²) in [6.07, 6.45) is 1.08. The van der Waals surface area contributed by atoms with Gasteiger partial charge in [0.15, 0.2) is 0 Å². The zero-order valence-electron chi connectivity index (χ0n) is 10.5. The van der Waals surface area contributed by atoms with Gasteiger partial charge in [-0.1, -0.05) is 41.7 Å². The van der Waals surface area contributed by atoms with E-state index in [4.69, 9.17) is 34.8 Å². The third-order valence-corrected chi connectivity index (χ3v) is 5.23. The van der Waals surface area contributed by atoms with Crippen molar-refractivity contribution < 1.29 is 0 Å². The van der Waals surface area contributed by atoms with Crippen LogP contribution in [0.1, 0.15) is 22.2 Å². The number of thiophene rings is 1. The van der Waals surface area contributed by atoms with Gasteiger partial charge in [-0.05, 0) is 30.7 Å². The molecule has 0 unspecified atom stereocenters. The van der Waals surface area contributed by atoms with E-state index in [1.54, 1.807) is 12.1 Å². The molecule has 102 valence electrons. The molecule has 1 aromatic carbocycles. The zero-order chi connectivity index (χ0) is 13.8. The number of hydrogen-bond donors (Lipinski definition) is 1. The van der Waals surface area contributed by atoms with Gasteiger partial charge >= 0.3 is 0 Å². The number of halogens is 3. The third-order valence-electron chi connectivity index (χ3n) is 2.81. The van der Waals surface area contributed by atoms with Gasteiger partial charge in [-0.15, -0.1) is 11.3 Å². The van der Waals surface area contributed by atoms with Crippen molar-refractivity contribution >= 4 is 46.1 Å². The molecule has 1 N–H and O–H groups in total. The van der Waals surface area contributed by atoms with E-state index >= 15 is 0 Å². The van der Waals surface area contributed by atoms with Crippen molar-refractivity contribution in [2.24, 2.45) is 0 Å². The highest BCUT2D eigenvalue weighted by molar-refractivity contribution is 7.11. The lowest BCUT2D eigenvalue weighted by Gasteiger charge is -2.09. The van der Waals surface area contributed by atoms with Crippen LogP contribution in [0.2, 0.25) is 15.1 Å². The quantitative estimate of drug-likeness (QED) is 0.706. The first-order chi connectivity index (χ1) is 9.11. The number of hydrogen-bond acceptors (Lipinski definition) is 2. The molecule has 1 nitrogen and oxygen atoms in total. The lowest BCUT2D eigenvalue weighted by molar-refractivity contribution is 0.701. The summed E-state index contributed by atoms with van der Waals surface area (Å²) in [6.45, 7) is 3.58. The van der Waals surface area contributed by atoms with Gasteiger partial charge in [0.1, 0.15) is 0 Å². The Bertz CT molecular complexity index is 566. The Morgan fingerprint density at radius 2 is 1.63 bits per heavy atom. The molecule has 0 aliphatic heterocycles. The first-order valence-corrected chi connectivity index (χ1v) is 7.97. The van der Waals surface area contributed by atoms with Crippen molar-refractivity contribution in [3.8, 4) is 0 Å². The monoisotopic (exact) mass is 333 g/mol. The summed E-state index contributed by atoms with van der Waals surface area (Å²) in [5.74, 6) is 0. The maximum absolute atomic E-state index is 6.15. The van der Waals surface area contributed by atoms with Gasteiger partial charge in [0.05, 0.1) is 10.0 Å². The number of rotatable bonds is 5. The minimum Gasteiger partial charge on any atom is -0.308 e. The Morgan fingerprint density at radius 1 is 0.947 bits per heavy atom. The predicted octanol–water partition coefficient (Wildman–Crippen LogP) is 5.56. The van der Waals surface area contributed by atoms with Gasteiger partial charge in [-0.3, -0.25) is 0 Å². The summed E-state index contributed by atoms with van der Waals surface area (Å²) in [7, 11) is 0. The molecule has 0 aliphatic rings. The molecular formula is C14H14Cl3NS. The summed E-state index contributed by atoms with van der Waals surface area (Å²) in [5, 5.41) is 5.05. The first-order valence-electron chi connectivity index (χ1n) is 6.02. The van der Waals surface area contributed by atoms with Crippen LogP contribution >= 0.6 is 46.1 Å². The van der Waals surface area contributed by atoms with Crippen molar-refractivity contribution in [1.29, 1.82) is 0 Å². The standard InChI is InChI=1S/C14H14Cl3NS/c1-2-9-3-4-10(19-9)7-18-8-11-12(15)5-6-13(16)14(11)17/h3-6,18H,2,7-8H2,1H3. The molecule has 0 spiro atoms. The minimum atomic E-state index is 0.530. The van der Waals surface area contributed by atoms with E-state index < -0.39 is 0 Å². The van der Waals surface area contributed by atoms with Gasteiger partial charge in [-0.25, -0.2) is 0 Å². The molecule has 2 rings (SSSR count). The van der Waals surface area contributed by atoms with Gasteiger partial charge in [-0.2, -0.15) is 0 Å². The van der Waals surface area contributed by atoms with Gasteiger partial charge in [0.25, 0.3) is 0 Å². The Morgan fingerprint density at radius 3 is 2.32 bits per heavy atom. The average Bonchev–Trinajstić information content (AvgIpc) is 2.86. The van der Waals surface area contributed by atoms with Crippen LogP contribution in [0.4, 0.5) is 0 Å². The third kappa shape index (κ3) is 3.87. The molecule has 0 saturated carbocycles. The van der Waals surface area contributed by atoms with Gasteiger partial charge < -0.3 is 5.32 Å². The smallest absolute Gasteiger partial charge is 0.0652 e. The number of benzene rings is 1. The van der Waals surface area contributed by atoms with E-state index in [1.165, 1.54) is 9.75 Å². The van der Waals surface area contributed by atoms with Crippen LogP contribution < -0.4 is 5.32 Å². The van der Waals surface area contributed by atoms with Crippen LogP contribution in [-0.2, 0) is 19.5 Å². The lowest BCUT2D eigenvalue weighted by Crippen LogP contribution is -2.12. The second-order valence-electron chi connectivity index (χ2n) is 4.15. The topological polar surface area (TPSA) is 12.0 Å². The van der Waals surface area contributed by atoms with E-state index in [2.05, 4.69) is 24.4 Å². The molecule has 19 heavy (non-hydrogen) atoms. The van der Waals surface area contributed by atoms with E-state index in [9.17, 15) is 0 Å². The Kier molecular flexibility index (Phi) is 5.55. The highest BCUT2D eigenvalue weighted by Gasteiger charge is 2.09. The number of nitrogens with one attached hydrogen (secondary N) is 1. The maximum atomic E-state index is 6.15. The molecule has 0 saturated heterocycles. The fourth-order valence-electron chi connectivity index (χ4n) is 1.75. The van der Waals surface area contributed by atoms with Crippen molar-refractivity contribution in [2.75, 3.05) is 0 Å². The summed E-state index contributed by atoms with van der Waals surface area (Å²) >= 11 is 20.1. The van der Waals surface area contributed by atoms with Gasteiger partial charge in [0.2, 0.25) is 0 Å². The van der Waals surface area contributed by atoms with E-state index in [0.717, 1.165) is 18.5 Å². The molecule has 1 aromatic heterocycles. The Labute approximate surface area is 132 Å². The summed E-state index contributed by atoms with van der Waals surface area (Å²) < 4.78 is 0. The maximum Gasteiger partial charge on any atom is 0.0652 e. The predicted molar refractivity (Wildman–Crippen MR) is 85.7 cm³/mol. The SMILES string of the molecule is CCc1ccc(CNCc2c(Cl)ccc(Cl)c2Cl)s1. The minimum absolute atomic E-state index is 0.530. The van der Waals surface area contributed by atoms with E-state index in [1.807, 2.05) is 11.3 Å². The van der Waals surface area contributed by atoms with E-state index in [0.29, 0.717) is 21.6 Å². The largest absolute Gasteiger partial charge is 0.308 e. The molecule has 1 heterocycles. The van der Waals surface area contributed by atoms with Crippen LogP contribution in [0.5, 0.6) is 0 Å². The lowest BCUT2D eigenvalue weighted by atomic mass is 10.2. The van der Waals surface area contributed by atoms with Gasteiger partial charge in [0, 0.05) is 33.4 Å². The van der Waals surface area contributed by atoms with Crippen LogP contribution in [0.15, 0.2) is 24.3 Å². The van der Waals surface area contributed by atoms with Crippen LogP contribution in [0.25, 0.3) is 0 Å². The summed E-state index contributed by atoms with van der Waals surface area (Å²) in [5.41, 5.74) is 0.850. The average molecular weight is 335 g/mol. The Hall–Kier alpha value is -0.250. The highest BCUT2D eigenvalue weighted by Crippen LogP contribution is 2.31. The fraction of sp³-hybridized carbons (Fsp3) is 0.286. The molecule has 0 bridgehead atoms. The summed E-state index contributed by atoms with van der Waals surface area (Å²) in [4.78, 5) is 2.71. The zero-order valence-corrected chi connectivity index (χ0v) is 13.6. The van der Waals surface area contributed by atoms with Crippen molar-refractivity contribution in [2.45, 2.75) is 26.4 Å². The normalized spacial score (nSPS) is 10.9. The van der Waals surface area contributed by atoms with Crippen LogP contribution in [0.3, 0.4) is 0 Å². The summed E-state index contributed by atoms with van der Waals surface area (Å²) in [6, 6.07) is 7.80. The van der Waals surface area contributed by atoms with Crippen LogP contribution in [0, 0.1) is 0 Å². The molecular weight excluding hydrogens is 321 g/mol. The molecule has 2 aromatic rings. The molecule has 0 radical (unpaired) electrons. The molecule has 0 aliphatic carbocycles. The second kappa shape index (κ2) is 6.96. The van der Waals surface area contributed by atoms with Crippen molar-refractivity contribution in [3.05, 3.63) is 54.7 Å². The molecule has 0 amide bonds.